The molecule has 0 heterocycles. The molecule has 0 aromatic heterocycles. The Kier molecular flexibility index (Phi) is 4.18. The number of rotatable bonds is 5. The Morgan fingerprint density at radius 1 is 1.47 bits per heavy atom. The maximum atomic E-state index is 12.0. The number of hydrogen-bond acceptors (Lipinski definition) is 3. The van der Waals surface area contributed by atoms with Gasteiger partial charge in [0.15, 0.2) is 0 Å². The highest BCUT2D eigenvalue weighted by Crippen LogP contribution is 2.38. The molecule has 1 aromatic rings. The van der Waals surface area contributed by atoms with Crippen molar-refractivity contribution in [3.05, 3.63) is 35.9 Å². The Labute approximate surface area is 113 Å². The molecule has 0 bridgehead atoms. The molecule has 1 amide bonds. The topological polar surface area (TPSA) is 62.1 Å². The minimum atomic E-state index is -0.595. The SMILES string of the molecule is COC1(CC(=O)NC(C#N)c2ccccc2)CCC1. The van der Waals surface area contributed by atoms with Crippen molar-refractivity contribution >= 4 is 5.91 Å². The van der Waals surface area contributed by atoms with Crippen LogP contribution in [0.15, 0.2) is 30.3 Å². The van der Waals surface area contributed by atoms with Gasteiger partial charge in [0.05, 0.1) is 18.1 Å². The summed E-state index contributed by atoms with van der Waals surface area (Å²) in [5.74, 6) is -0.128. The molecule has 0 radical (unpaired) electrons. The van der Waals surface area contributed by atoms with Gasteiger partial charge in [-0.15, -0.1) is 0 Å². The molecule has 1 aliphatic rings. The van der Waals surface area contributed by atoms with Crippen molar-refractivity contribution in [2.45, 2.75) is 37.3 Å². The van der Waals surface area contributed by atoms with Crippen molar-refractivity contribution in [2.75, 3.05) is 7.11 Å². The third-order valence-corrected chi connectivity index (χ3v) is 3.75. The van der Waals surface area contributed by atoms with E-state index in [1.807, 2.05) is 30.3 Å². The standard InChI is InChI=1S/C15H18N2O2/c1-19-15(8-5-9-15)10-14(18)17-13(11-16)12-6-3-2-4-7-12/h2-4,6-7,13H,5,8-10H2,1H3,(H,17,18). The Balaban J connectivity index is 1.96. The van der Waals surface area contributed by atoms with E-state index in [4.69, 9.17) is 10.00 Å². The third-order valence-electron chi connectivity index (χ3n) is 3.75. The highest BCUT2D eigenvalue weighted by Gasteiger charge is 2.39. The van der Waals surface area contributed by atoms with Crippen LogP contribution in [0.2, 0.25) is 0 Å². The number of carbonyl (C=O) groups excluding carboxylic acids is 1. The lowest BCUT2D eigenvalue weighted by molar-refractivity contribution is -0.134. The van der Waals surface area contributed by atoms with Crippen LogP contribution < -0.4 is 5.32 Å². The molecule has 19 heavy (non-hydrogen) atoms. The molecule has 1 fully saturated rings. The summed E-state index contributed by atoms with van der Waals surface area (Å²) in [6.07, 6.45) is 3.26. The molecular weight excluding hydrogens is 240 g/mol. The second-order valence-electron chi connectivity index (χ2n) is 4.96. The van der Waals surface area contributed by atoms with Gasteiger partial charge < -0.3 is 10.1 Å². The van der Waals surface area contributed by atoms with Gasteiger partial charge in [0.25, 0.3) is 0 Å². The predicted octanol–water partition coefficient (Wildman–Crippen LogP) is 2.33. The van der Waals surface area contributed by atoms with Gasteiger partial charge in [-0.2, -0.15) is 5.26 Å². The Morgan fingerprint density at radius 3 is 2.63 bits per heavy atom. The van der Waals surface area contributed by atoms with E-state index in [0.717, 1.165) is 24.8 Å². The van der Waals surface area contributed by atoms with Gasteiger partial charge in [0, 0.05) is 7.11 Å². The first kappa shape index (κ1) is 13.6. The smallest absolute Gasteiger partial charge is 0.224 e. The van der Waals surface area contributed by atoms with E-state index >= 15 is 0 Å². The van der Waals surface area contributed by atoms with Crippen molar-refractivity contribution < 1.29 is 9.53 Å². The van der Waals surface area contributed by atoms with Gasteiger partial charge >= 0.3 is 0 Å². The van der Waals surface area contributed by atoms with Gasteiger partial charge in [-0.05, 0) is 24.8 Å². The van der Waals surface area contributed by atoms with Gasteiger partial charge in [0.2, 0.25) is 5.91 Å². The van der Waals surface area contributed by atoms with Crippen molar-refractivity contribution in [2.24, 2.45) is 0 Å². The molecule has 0 saturated heterocycles. The summed E-state index contributed by atoms with van der Waals surface area (Å²) in [4.78, 5) is 12.0. The first-order chi connectivity index (χ1) is 9.19. The number of hydrogen-bond donors (Lipinski definition) is 1. The van der Waals surface area contributed by atoms with Crippen molar-refractivity contribution in [3.63, 3.8) is 0 Å². The molecule has 4 heteroatoms. The van der Waals surface area contributed by atoms with Gasteiger partial charge in [0.1, 0.15) is 6.04 Å². The quantitative estimate of drug-likeness (QED) is 0.881. The van der Waals surface area contributed by atoms with E-state index < -0.39 is 6.04 Å². The van der Waals surface area contributed by atoms with Crippen molar-refractivity contribution in [1.82, 2.24) is 5.32 Å². The zero-order valence-corrected chi connectivity index (χ0v) is 11.1. The molecular formula is C15H18N2O2. The van der Waals surface area contributed by atoms with Crippen LogP contribution in [0.25, 0.3) is 0 Å². The van der Waals surface area contributed by atoms with Crippen LogP contribution in [0.5, 0.6) is 0 Å². The molecule has 2 rings (SSSR count). The normalized spacial score (nSPS) is 17.9. The van der Waals surface area contributed by atoms with Gasteiger partial charge in [-0.25, -0.2) is 0 Å². The van der Waals surface area contributed by atoms with Gasteiger partial charge in [-0.1, -0.05) is 30.3 Å². The number of benzene rings is 1. The van der Waals surface area contributed by atoms with Crippen LogP contribution in [0.1, 0.15) is 37.3 Å². The molecule has 1 aliphatic carbocycles. The molecule has 100 valence electrons. The maximum absolute atomic E-state index is 12.0. The fourth-order valence-corrected chi connectivity index (χ4v) is 2.36. The summed E-state index contributed by atoms with van der Waals surface area (Å²) < 4.78 is 5.42. The number of carbonyl (C=O) groups is 1. The monoisotopic (exact) mass is 258 g/mol. The largest absolute Gasteiger partial charge is 0.378 e. The van der Waals surface area contributed by atoms with Crippen LogP contribution >= 0.6 is 0 Å². The molecule has 1 N–H and O–H groups in total. The minimum absolute atomic E-state index is 0.128. The molecule has 1 atom stereocenters. The summed E-state index contributed by atoms with van der Waals surface area (Å²) in [5, 5.41) is 11.9. The molecule has 0 spiro atoms. The van der Waals surface area contributed by atoms with Crippen LogP contribution in [0.3, 0.4) is 0 Å². The number of methoxy groups -OCH3 is 1. The highest BCUT2D eigenvalue weighted by molar-refractivity contribution is 5.78. The van der Waals surface area contributed by atoms with E-state index in [-0.39, 0.29) is 11.5 Å². The number of nitrogens with one attached hydrogen (secondary N) is 1. The third kappa shape index (κ3) is 3.12. The van der Waals surface area contributed by atoms with Crippen LogP contribution in [0, 0.1) is 11.3 Å². The number of nitrogens with zero attached hydrogens (tertiary/aromatic N) is 1. The highest BCUT2D eigenvalue weighted by atomic mass is 16.5. The van der Waals surface area contributed by atoms with E-state index in [0.29, 0.717) is 6.42 Å². The Bertz CT molecular complexity index is 469. The average molecular weight is 258 g/mol. The van der Waals surface area contributed by atoms with Gasteiger partial charge in [-0.3, -0.25) is 4.79 Å². The fraction of sp³-hybridized carbons (Fsp3) is 0.467. The summed E-state index contributed by atoms with van der Waals surface area (Å²) in [5.41, 5.74) is 0.499. The lowest BCUT2D eigenvalue weighted by Gasteiger charge is -2.40. The first-order valence-corrected chi connectivity index (χ1v) is 6.48. The summed E-state index contributed by atoms with van der Waals surface area (Å²) in [6, 6.07) is 10.8. The maximum Gasteiger partial charge on any atom is 0.224 e. The van der Waals surface area contributed by atoms with E-state index in [2.05, 4.69) is 11.4 Å². The van der Waals surface area contributed by atoms with Crippen LogP contribution in [-0.4, -0.2) is 18.6 Å². The molecule has 1 saturated carbocycles. The number of ether oxygens (including phenoxy) is 1. The van der Waals surface area contributed by atoms with Crippen molar-refractivity contribution in [1.29, 1.82) is 5.26 Å². The first-order valence-electron chi connectivity index (χ1n) is 6.48. The second kappa shape index (κ2) is 5.85. The molecule has 4 nitrogen and oxygen atoms in total. The molecule has 1 unspecified atom stereocenters. The van der Waals surface area contributed by atoms with E-state index in [1.165, 1.54) is 0 Å². The second-order valence-corrected chi connectivity index (χ2v) is 4.96. The van der Waals surface area contributed by atoms with E-state index in [1.54, 1.807) is 7.11 Å². The lowest BCUT2D eigenvalue weighted by Crippen LogP contribution is -2.44. The Hall–Kier alpha value is -1.86. The summed E-state index contributed by atoms with van der Waals surface area (Å²) >= 11 is 0. The molecule has 0 aliphatic heterocycles. The zero-order valence-electron chi connectivity index (χ0n) is 11.1. The Morgan fingerprint density at radius 2 is 2.16 bits per heavy atom. The van der Waals surface area contributed by atoms with Crippen LogP contribution in [-0.2, 0) is 9.53 Å². The lowest BCUT2D eigenvalue weighted by atomic mass is 9.77. The predicted molar refractivity (Wildman–Crippen MR) is 71.1 cm³/mol. The minimum Gasteiger partial charge on any atom is -0.378 e. The fourth-order valence-electron chi connectivity index (χ4n) is 2.36. The van der Waals surface area contributed by atoms with E-state index in [9.17, 15) is 4.79 Å². The zero-order chi connectivity index (χ0) is 13.7. The number of amides is 1. The summed E-state index contributed by atoms with van der Waals surface area (Å²) in [6.45, 7) is 0. The average Bonchev–Trinajstić information content (AvgIpc) is 2.41. The summed E-state index contributed by atoms with van der Waals surface area (Å²) in [7, 11) is 1.64. The van der Waals surface area contributed by atoms with Crippen molar-refractivity contribution in [3.8, 4) is 6.07 Å². The van der Waals surface area contributed by atoms with Crippen LogP contribution in [0.4, 0.5) is 0 Å². The number of nitriles is 1. The molecule has 1 aromatic carbocycles.